The molecule has 0 aliphatic heterocycles. The third kappa shape index (κ3) is 2.86. The molecule has 1 heterocycles. The molecule has 0 radical (unpaired) electrons. The number of hydrogen-bond donors (Lipinski definition) is 0. The Morgan fingerprint density at radius 3 is 2.37 bits per heavy atom. The Morgan fingerprint density at radius 1 is 1.05 bits per heavy atom. The van der Waals surface area contributed by atoms with E-state index in [1.807, 2.05) is 0 Å². The van der Waals surface area contributed by atoms with Crippen molar-refractivity contribution in [1.82, 2.24) is 0 Å². The fourth-order valence-corrected chi connectivity index (χ4v) is 2.79. The van der Waals surface area contributed by atoms with Gasteiger partial charge in [0.25, 0.3) is 0 Å². The summed E-state index contributed by atoms with van der Waals surface area (Å²) in [7, 11) is 2.10. The zero-order chi connectivity index (χ0) is 13.8. The van der Waals surface area contributed by atoms with Crippen LogP contribution in [0.5, 0.6) is 0 Å². The quantitative estimate of drug-likeness (QED) is 0.712. The van der Waals surface area contributed by atoms with Crippen LogP contribution in [0, 0.1) is 6.92 Å². The first-order chi connectivity index (χ1) is 9.17. The normalized spacial score (nSPS) is 11.0. The molecule has 0 bridgehead atoms. The van der Waals surface area contributed by atoms with E-state index in [0.29, 0.717) is 5.92 Å². The lowest BCUT2D eigenvalue weighted by Gasteiger charge is -2.14. The number of aromatic nitrogens is 1. The molecule has 0 saturated heterocycles. The average Bonchev–Trinajstić information content (AvgIpc) is 2.41. The van der Waals surface area contributed by atoms with E-state index in [0.717, 1.165) is 0 Å². The molecule has 1 aromatic heterocycles. The molecular weight excluding hydrogens is 230 g/mol. The molecule has 0 spiro atoms. The largest absolute Gasteiger partial charge is 0.212 e. The number of aryl methyl sites for hydroxylation is 2. The van der Waals surface area contributed by atoms with Crippen LogP contribution in [0.3, 0.4) is 0 Å². The first-order valence-corrected chi connectivity index (χ1v) is 7.23. The second kappa shape index (κ2) is 6.01. The van der Waals surface area contributed by atoms with Gasteiger partial charge in [-0.05, 0) is 48.9 Å². The second-order valence-electron chi connectivity index (χ2n) is 5.28. The molecule has 0 unspecified atom stereocenters. The van der Waals surface area contributed by atoms with Gasteiger partial charge in [0, 0.05) is 17.7 Å². The number of rotatable bonds is 4. The Bertz CT molecular complexity index is 553. The fourth-order valence-electron chi connectivity index (χ4n) is 2.79. The van der Waals surface area contributed by atoms with Gasteiger partial charge in [0.15, 0.2) is 6.20 Å². The van der Waals surface area contributed by atoms with Gasteiger partial charge in [-0.1, -0.05) is 26.0 Å². The summed E-state index contributed by atoms with van der Waals surface area (Å²) in [5.74, 6) is 0.692. The summed E-state index contributed by atoms with van der Waals surface area (Å²) < 4.78 is 2.18. The molecule has 1 aromatic carbocycles. The third-order valence-electron chi connectivity index (χ3n) is 4.04. The molecule has 0 atom stereocenters. The smallest absolute Gasteiger partial charge is 0.201 e. The van der Waals surface area contributed by atoms with Crippen LogP contribution >= 0.6 is 0 Å². The van der Waals surface area contributed by atoms with E-state index < -0.39 is 0 Å². The van der Waals surface area contributed by atoms with Crippen molar-refractivity contribution in [3.63, 3.8) is 0 Å². The molecule has 100 valence electrons. The van der Waals surface area contributed by atoms with Crippen LogP contribution in [0.1, 0.15) is 43.7 Å². The molecule has 2 rings (SSSR count). The molecule has 0 aliphatic carbocycles. The van der Waals surface area contributed by atoms with Crippen molar-refractivity contribution in [2.75, 3.05) is 0 Å². The van der Waals surface area contributed by atoms with Crippen molar-refractivity contribution in [3.8, 4) is 11.3 Å². The van der Waals surface area contributed by atoms with Gasteiger partial charge in [-0.15, -0.1) is 0 Å². The predicted molar refractivity (Wildman–Crippen MR) is 81.1 cm³/mol. The van der Waals surface area contributed by atoms with Gasteiger partial charge in [0.2, 0.25) is 5.69 Å². The summed E-state index contributed by atoms with van der Waals surface area (Å²) in [5, 5.41) is 0. The van der Waals surface area contributed by atoms with Crippen LogP contribution < -0.4 is 4.57 Å². The van der Waals surface area contributed by atoms with Crippen LogP contribution in [0.4, 0.5) is 0 Å². The monoisotopic (exact) mass is 254 g/mol. The van der Waals surface area contributed by atoms with Crippen molar-refractivity contribution >= 4 is 0 Å². The molecule has 0 amide bonds. The highest BCUT2D eigenvalue weighted by Gasteiger charge is 2.13. The summed E-state index contributed by atoms with van der Waals surface area (Å²) in [6, 6.07) is 13.3. The standard InChI is InChI=1S/C18H24N/c1-5-15(6-2)16-10-11-17(14(3)13-16)18-9-7-8-12-19(18)4/h7-13,15H,5-6H2,1-4H3/q+1. The number of pyridine rings is 1. The van der Waals surface area contributed by atoms with Crippen molar-refractivity contribution in [2.45, 2.75) is 39.5 Å². The van der Waals surface area contributed by atoms with Gasteiger partial charge in [0.1, 0.15) is 7.05 Å². The maximum absolute atomic E-state index is 2.36. The van der Waals surface area contributed by atoms with Gasteiger partial charge < -0.3 is 0 Å². The minimum Gasteiger partial charge on any atom is -0.201 e. The summed E-state index contributed by atoms with van der Waals surface area (Å²) in [5.41, 5.74) is 5.45. The summed E-state index contributed by atoms with van der Waals surface area (Å²) in [6.07, 6.45) is 4.53. The Kier molecular flexibility index (Phi) is 4.36. The highest BCUT2D eigenvalue weighted by atomic mass is 14.9. The molecule has 1 nitrogen and oxygen atoms in total. The van der Waals surface area contributed by atoms with Gasteiger partial charge in [-0.3, -0.25) is 0 Å². The van der Waals surface area contributed by atoms with E-state index in [4.69, 9.17) is 0 Å². The van der Waals surface area contributed by atoms with Crippen molar-refractivity contribution < 1.29 is 4.57 Å². The van der Waals surface area contributed by atoms with Crippen LogP contribution in [0.2, 0.25) is 0 Å². The third-order valence-corrected chi connectivity index (χ3v) is 4.04. The number of benzene rings is 1. The highest BCUT2D eigenvalue weighted by Crippen LogP contribution is 2.28. The molecule has 0 fully saturated rings. The van der Waals surface area contributed by atoms with Crippen LogP contribution in [0.15, 0.2) is 42.6 Å². The van der Waals surface area contributed by atoms with Crippen molar-refractivity contribution in [3.05, 3.63) is 53.7 Å². The van der Waals surface area contributed by atoms with Crippen LogP contribution in [0.25, 0.3) is 11.3 Å². The summed E-state index contributed by atoms with van der Waals surface area (Å²) in [4.78, 5) is 0. The molecular formula is C18H24N+. The Labute approximate surface area is 116 Å². The Hall–Kier alpha value is -1.63. The lowest BCUT2D eigenvalue weighted by Crippen LogP contribution is -2.30. The van der Waals surface area contributed by atoms with E-state index >= 15 is 0 Å². The van der Waals surface area contributed by atoms with Gasteiger partial charge in [0.05, 0.1) is 0 Å². The Morgan fingerprint density at radius 2 is 1.79 bits per heavy atom. The maximum Gasteiger partial charge on any atom is 0.212 e. The van der Waals surface area contributed by atoms with Crippen LogP contribution in [-0.2, 0) is 7.05 Å². The van der Waals surface area contributed by atoms with Crippen molar-refractivity contribution in [2.24, 2.45) is 7.05 Å². The first-order valence-electron chi connectivity index (χ1n) is 7.23. The first kappa shape index (κ1) is 13.8. The van der Waals surface area contributed by atoms with Gasteiger partial charge in [-0.2, -0.15) is 0 Å². The van der Waals surface area contributed by atoms with Crippen LogP contribution in [-0.4, -0.2) is 0 Å². The zero-order valence-electron chi connectivity index (χ0n) is 12.5. The molecule has 2 aromatic rings. The van der Waals surface area contributed by atoms with Gasteiger partial charge >= 0.3 is 0 Å². The summed E-state index contributed by atoms with van der Waals surface area (Å²) in [6.45, 7) is 6.76. The van der Waals surface area contributed by atoms with E-state index in [9.17, 15) is 0 Å². The number of hydrogen-bond acceptors (Lipinski definition) is 0. The molecule has 19 heavy (non-hydrogen) atoms. The minimum absolute atomic E-state index is 0.692. The van der Waals surface area contributed by atoms with E-state index in [1.54, 1.807) is 0 Å². The van der Waals surface area contributed by atoms with E-state index in [1.165, 1.54) is 35.2 Å². The molecule has 0 saturated carbocycles. The van der Waals surface area contributed by atoms with E-state index in [2.05, 4.69) is 75.0 Å². The molecule has 1 heteroatoms. The van der Waals surface area contributed by atoms with E-state index in [-0.39, 0.29) is 0 Å². The summed E-state index contributed by atoms with van der Waals surface area (Å²) >= 11 is 0. The predicted octanol–water partition coefficient (Wildman–Crippen LogP) is 4.39. The zero-order valence-corrected chi connectivity index (χ0v) is 12.5. The molecule has 0 N–H and O–H groups in total. The maximum atomic E-state index is 2.36. The topological polar surface area (TPSA) is 3.88 Å². The molecule has 0 aliphatic rings. The SMILES string of the molecule is CCC(CC)c1ccc(-c2cccc[n+]2C)c(C)c1. The minimum atomic E-state index is 0.692. The highest BCUT2D eigenvalue weighted by molar-refractivity contribution is 5.61. The lowest BCUT2D eigenvalue weighted by atomic mass is 9.91. The fraction of sp³-hybridized carbons (Fsp3) is 0.389. The number of nitrogens with zero attached hydrogens (tertiary/aromatic N) is 1. The average molecular weight is 254 g/mol. The second-order valence-corrected chi connectivity index (χ2v) is 5.28. The van der Waals surface area contributed by atoms with Gasteiger partial charge in [-0.25, -0.2) is 4.57 Å². The lowest BCUT2D eigenvalue weighted by molar-refractivity contribution is -0.660. The van der Waals surface area contributed by atoms with Crippen molar-refractivity contribution in [1.29, 1.82) is 0 Å². The Balaban J connectivity index is 2.43.